The van der Waals surface area contributed by atoms with Crippen molar-refractivity contribution in [2.24, 2.45) is 5.73 Å². The normalized spacial score (nSPS) is 27.7. The molecule has 0 bridgehead atoms. The lowest BCUT2D eigenvalue weighted by atomic mass is 9.79. The van der Waals surface area contributed by atoms with E-state index in [1.54, 1.807) is 0 Å². The summed E-state index contributed by atoms with van der Waals surface area (Å²) in [7, 11) is 0. The van der Waals surface area contributed by atoms with Crippen molar-refractivity contribution in [3.05, 3.63) is 16.4 Å². The molecule has 3 N–H and O–H groups in total. The van der Waals surface area contributed by atoms with Gasteiger partial charge in [0.1, 0.15) is 0 Å². The quantitative estimate of drug-likeness (QED) is 0.892. The summed E-state index contributed by atoms with van der Waals surface area (Å²) in [5, 5.41) is 16.0. The summed E-state index contributed by atoms with van der Waals surface area (Å²) in [4.78, 5) is 0. The molecule has 19 heavy (non-hydrogen) atoms. The van der Waals surface area contributed by atoms with Gasteiger partial charge in [-0.1, -0.05) is 18.5 Å². The van der Waals surface area contributed by atoms with Crippen LogP contribution in [-0.4, -0.2) is 26.5 Å². The van der Waals surface area contributed by atoms with Gasteiger partial charge in [-0.25, -0.2) is 0 Å². The summed E-state index contributed by atoms with van der Waals surface area (Å²) in [5.41, 5.74) is 7.14. The molecular weight excluding hydrogens is 262 g/mol. The van der Waals surface area contributed by atoms with E-state index in [-0.39, 0.29) is 6.04 Å². The van der Waals surface area contributed by atoms with Crippen LogP contribution in [0.25, 0.3) is 0 Å². The molecule has 5 heteroatoms. The van der Waals surface area contributed by atoms with Crippen LogP contribution in [0, 0.1) is 0 Å². The molecule has 0 radical (unpaired) electrons. The highest BCUT2D eigenvalue weighted by atomic mass is 35.5. The van der Waals surface area contributed by atoms with E-state index >= 15 is 0 Å². The highest BCUT2D eigenvalue weighted by Gasteiger charge is 2.35. The van der Waals surface area contributed by atoms with Gasteiger partial charge in [0.05, 0.1) is 22.0 Å². The van der Waals surface area contributed by atoms with E-state index < -0.39 is 5.60 Å². The van der Waals surface area contributed by atoms with Gasteiger partial charge in [0.2, 0.25) is 0 Å². The molecule has 2 atom stereocenters. The fourth-order valence-corrected chi connectivity index (χ4v) is 3.38. The van der Waals surface area contributed by atoms with Gasteiger partial charge >= 0.3 is 0 Å². The van der Waals surface area contributed by atoms with Crippen LogP contribution in [0.4, 0.5) is 0 Å². The van der Waals surface area contributed by atoms with E-state index in [4.69, 9.17) is 17.3 Å². The molecule has 1 fully saturated rings. The van der Waals surface area contributed by atoms with Gasteiger partial charge in [-0.2, -0.15) is 5.10 Å². The Morgan fingerprint density at radius 3 is 2.84 bits per heavy atom. The molecule has 0 aromatic carbocycles. The van der Waals surface area contributed by atoms with E-state index in [9.17, 15) is 5.11 Å². The minimum Gasteiger partial charge on any atom is -0.389 e. The number of hydrogen-bond donors (Lipinski definition) is 2. The summed E-state index contributed by atoms with van der Waals surface area (Å²) in [6.45, 7) is 4.86. The van der Waals surface area contributed by atoms with Crippen molar-refractivity contribution < 1.29 is 5.11 Å². The summed E-state index contributed by atoms with van der Waals surface area (Å²) in [6, 6.07) is 0.0983. The van der Waals surface area contributed by atoms with Crippen molar-refractivity contribution >= 4 is 11.6 Å². The van der Waals surface area contributed by atoms with Gasteiger partial charge in [0, 0.05) is 19.0 Å². The average molecular weight is 286 g/mol. The Hall–Kier alpha value is -0.580. The Balaban J connectivity index is 2.24. The van der Waals surface area contributed by atoms with Crippen molar-refractivity contribution in [2.45, 2.75) is 70.6 Å². The first-order chi connectivity index (χ1) is 8.99. The van der Waals surface area contributed by atoms with Gasteiger partial charge in [0.15, 0.2) is 0 Å². The van der Waals surface area contributed by atoms with E-state index in [2.05, 4.69) is 5.10 Å². The van der Waals surface area contributed by atoms with Crippen LogP contribution in [0.2, 0.25) is 5.02 Å². The lowest BCUT2D eigenvalue weighted by molar-refractivity contribution is -0.00352. The maximum Gasteiger partial charge on any atom is 0.0850 e. The Morgan fingerprint density at radius 2 is 2.26 bits per heavy atom. The Labute approximate surface area is 119 Å². The molecule has 2 rings (SSSR count). The van der Waals surface area contributed by atoms with Crippen molar-refractivity contribution in [1.82, 2.24) is 9.78 Å². The molecule has 0 spiro atoms. The zero-order valence-electron chi connectivity index (χ0n) is 11.8. The van der Waals surface area contributed by atoms with Crippen LogP contribution in [0.5, 0.6) is 0 Å². The minimum atomic E-state index is -0.723. The van der Waals surface area contributed by atoms with E-state index in [0.29, 0.717) is 12.8 Å². The lowest BCUT2D eigenvalue weighted by Gasteiger charge is -2.35. The number of rotatable bonds is 4. The van der Waals surface area contributed by atoms with Gasteiger partial charge < -0.3 is 10.8 Å². The number of aliphatic hydroxyl groups is 1. The third-order valence-corrected chi connectivity index (χ3v) is 4.49. The fourth-order valence-electron chi connectivity index (χ4n) is 3.04. The van der Waals surface area contributed by atoms with Crippen molar-refractivity contribution in [1.29, 1.82) is 0 Å². The Bertz CT molecular complexity index is 446. The molecule has 1 aliphatic rings. The number of halogens is 1. The standard InChI is InChI=1S/C14H24ClN3O/c1-3-11-13(15)12(18(4-2)17-11)9-14(19)7-5-6-10(16)8-14/h10,19H,3-9,16H2,1-2H3. The third kappa shape index (κ3) is 3.12. The number of aryl methyl sites for hydroxylation is 2. The van der Waals surface area contributed by atoms with Crippen molar-refractivity contribution in [3.63, 3.8) is 0 Å². The summed E-state index contributed by atoms with van der Waals surface area (Å²) in [6.07, 6.45) is 4.81. The molecule has 1 aliphatic carbocycles. The first-order valence-corrected chi connectivity index (χ1v) is 7.59. The van der Waals surface area contributed by atoms with Crippen LogP contribution < -0.4 is 5.73 Å². The molecule has 0 aliphatic heterocycles. The second-order valence-corrected chi connectivity index (χ2v) is 6.01. The third-order valence-electron chi connectivity index (χ3n) is 4.05. The molecule has 1 aromatic heterocycles. The summed E-state index contributed by atoms with van der Waals surface area (Å²) >= 11 is 6.40. The molecule has 0 saturated heterocycles. The number of nitrogens with two attached hydrogens (primary N) is 1. The second-order valence-electron chi connectivity index (χ2n) is 5.63. The van der Waals surface area contributed by atoms with Crippen molar-refractivity contribution in [2.75, 3.05) is 0 Å². The summed E-state index contributed by atoms with van der Waals surface area (Å²) in [5.74, 6) is 0. The van der Waals surface area contributed by atoms with E-state index in [1.807, 2.05) is 18.5 Å². The first-order valence-electron chi connectivity index (χ1n) is 7.21. The zero-order chi connectivity index (χ0) is 14.0. The minimum absolute atomic E-state index is 0.0983. The Kier molecular flexibility index (Phi) is 4.54. The van der Waals surface area contributed by atoms with E-state index in [0.717, 1.165) is 48.6 Å². The monoisotopic (exact) mass is 285 g/mol. The van der Waals surface area contributed by atoms with E-state index in [1.165, 1.54) is 0 Å². The predicted octanol–water partition coefficient (Wildman–Crippen LogP) is 2.29. The van der Waals surface area contributed by atoms with Gasteiger partial charge in [-0.05, 0) is 39.0 Å². The van der Waals surface area contributed by atoms with Gasteiger partial charge in [-0.3, -0.25) is 4.68 Å². The maximum atomic E-state index is 10.7. The largest absolute Gasteiger partial charge is 0.389 e. The van der Waals surface area contributed by atoms with Crippen LogP contribution >= 0.6 is 11.6 Å². The average Bonchev–Trinajstić information content (AvgIpc) is 2.65. The molecule has 1 heterocycles. The highest BCUT2D eigenvalue weighted by molar-refractivity contribution is 6.31. The topological polar surface area (TPSA) is 64.1 Å². The van der Waals surface area contributed by atoms with Crippen LogP contribution in [0.3, 0.4) is 0 Å². The zero-order valence-corrected chi connectivity index (χ0v) is 12.6. The SMILES string of the molecule is CCc1nn(CC)c(CC2(O)CCCC(N)C2)c1Cl. The fraction of sp³-hybridized carbons (Fsp3) is 0.786. The molecule has 0 amide bonds. The second kappa shape index (κ2) is 5.81. The molecule has 1 saturated carbocycles. The summed E-state index contributed by atoms with van der Waals surface area (Å²) < 4.78 is 1.92. The maximum absolute atomic E-state index is 10.7. The number of nitrogens with zero attached hydrogens (tertiary/aromatic N) is 2. The number of hydrogen-bond acceptors (Lipinski definition) is 3. The van der Waals surface area contributed by atoms with Gasteiger partial charge in [-0.15, -0.1) is 0 Å². The molecule has 1 aromatic rings. The molecule has 2 unspecified atom stereocenters. The highest BCUT2D eigenvalue weighted by Crippen LogP contribution is 2.33. The lowest BCUT2D eigenvalue weighted by Crippen LogP contribution is -2.43. The van der Waals surface area contributed by atoms with Crippen molar-refractivity contribution in [3.8, 4) is 0 Å². The first kappa shape index (κ1) is 14.8. The molecule has 4 nitrogen and oxygen atoms in total. The van der Waals surface area contributed by atoms with Crippen LogP contribution in [-0.2, 0) is 19.4 Å². The number of aromatic nitrogens is 2. The smallest absolute Gasteiger partial charge is 0.0850 e. The molecule has 108 valence electrons. The van der Waals surface area contributed by atoms with Crippen LogP contribution in [0.15, 0.2) is 0 Å². The molecular formula is C14H24ClN3O. The Morgan fingerprint density at radius 1 is 1.53 bits per heavy atom. The van der Waals surface area contributed by atoms with Crippen LogP contribution in [0.1, 0.15) is 50.9 Å². The predicted molar refractivity (Wildman–Crippen MR) is 77.4 cm³/mol. The van der Waals surface area contributed by atoms with Gasteiger partial charge in [0.25, 0.3) is 0 Å².